The minimum atomic E-state index is -3.86. The van der Waals surface area contributed by atoms with Crippen molar-refractivity contribution in [2.45, 2.75) is 36.8 Å². The van der Waals surface area contributed by atoms with Crippen LogP contribution in [0, 0.1) is 11.6 Å². The van der Waals surface area contributed by atoms with E-state index in [2.05, 4.69) is 23.6 Å². The summed E-state index contributed by atoms with van der Waals surface area (Å²) in [5.74, 6) is -1.67. The first kappa shape index (κ1) is 28.7. The highest BCUT2D eigenvalue weighted by molar-refractivity contribution is 7.92. The number of sulfone groups is 1. The Hall–Kier alpha value is -2.78. The molecule has 0 bridgehead atoms. The second-order valence-corrected chi connectivity index (χ2v) is 13.4. The lowest BCUT2D eigenvalue weighted by Gasteiger charge is -2.55. The number of benzene rings is 3. The molecule has 212 valence electrons. The van der Waals surface area contributed by atoms with Gasteiger partial charge in [0, 0.05) is 43.2 Å². The molecule has 5 nitrogen and oxygen atoms in total. The highest BCUT2D eigenvalue weighted by atomic mass is 35.5. The van der Waals surface area contributed by atoms with E-state index in [9.17, 15) is 17.2 Å². The van der Waals surface area contributed by atoms with Crippen molar-refractivity contribution in [1.29, 1.82) is 0 Å². The SMILES string of the molecule is C=C1N([C@H](c2ccc(Cl)cc2)c2ccc(COC)cc2CN2CCCC2)CC1(c1cc(F)cc(F)c1)S(C)(=O)=O. The molecule has 3 aromatic carbocycles. The maximum absolute atomic E-state index is 14.3. The molecule has 2 aliphatic heterocycles. The maximum atomic E-state index is 14.3. The van der Waals surface area contributed by atoms with Crippen molar-refractivity contribution >= 4 is 21.4 Å². The van der Waals surface area contributed by atoms with E-state index in [1.165, 1.54) is 0 Å². The summed E-state index contributed by atoms with van der Waals surface area (Å²) in [5.41, 5.74) is 4.36. The Kier molecular flexibility index (Phi) is 8.08. The molecule has 2 fully saturated rings. The van der Waals surface area contributed by atoms with Gasteiger partial charge >= 0.3 is 0 Å². The molecule has 3 aromatic rings. The fourth-order valence-electron chi connectivity index (χ4n) is 6.08. The Morgan fingerprint density at radius 1 is 1.02 bits per heavy atom. The van der Waals surface area contributed by atoms with Crippen LogP contribution < -0.4 is 0 Å². The maximum Gasteiger partial charge on any atom is 0.164 e. The van der Waals surface area contributed by atoms with Crippen molar-refractivity contribution in [2.24, 2.45) is 0 Å². The van der Waals surface area contributed by atoms with Gasteiger partial charge in [0.15, 0.2) is 14.6 Å². The average molecular weight is 587 g/mol. The Morgan fingerprint density at radius 2 is 1.68 bits per heavy atom. The number of likely N-dealkylation sites (tertiary alicyclic amines) is 2. The lowest BCUT2D eigenvalue weighted by atomic mass is 9.81. The van der Waals surface area contributed by atoms with Crippen LogP contribution in [0.2, 0.25) is 5.02 Å². The van der Waals surface area contributed by atoms with Crippen molar-refractivity contribution in [3.05, 3.63) is 117 Å². The molecule has 5 rings (SSSR count). The van der Waals surface area contributed by atoms with Crippen molar-refractivity contribution < 1.29 is 21.9 Å². The Labute approximate surface area is 239 Å². The van der Waals surface area contributed by atoms with E-state index in [-0.39, 0.29) is 17.8 Å². The largest absolute Gasteiger partial charge is 0.380 e. The molecule has 0 aromatic heterocycles. The van der Waals surface area contributed by atoms with Gasteiger partial charge in [-0.1, -0.05) is 48.5 Å². The van der Waals surface area contributed by atoms with Crippen molar-refractivity contribution in [3.8, 4) is 0 Å². The number of hydrogen-bond acceptors (Lipinski definition) is 5. The summed E-state index contributed by atoms with van der Waals surface area (Å²) in [6.45, 7) is 7.44. The molecule has 1 unspecified atom stereocenters. The zero-order valence-corrected chi connectivity index (χ0v) is 24.2. The molecule has 9 heteroatoms. The van der Waals surface area contributed by atoms with Gasteiger partial charge < -0.3 is 9.64 Å². The van der Waals surface area contributed by atoms with Crippen LogP contribution in [-0.2, 0) is 32.5 Å². The third kappa shape index (κ3) is 5.30. The van der Waals surface area contributed by atoms with Crippen LogP contribution in [0.5, 0.6) is 0 Å². The minimum Gasteiger partial charge on any atom is -0.380 e. The molecule has 2 heterocycles. The molecule has 0 aliphatic carbocycles. The van der Waals surface area contributed by atoms with Gasteiger partial charge in [-0.15, -0.1) is 0 Å². The first-order chi connectivity index (χ1) is 19.0. The number of rotatable bonds is 9. The first-order valence-electron chi connectivity index (χ1n) is 13.2. The van der Waals surface area contributed by atoms with Gasteiger partial charge in [-0.05, 0) is 78.0 Å². The second kappa shape index (κ2) is 11.2. The molecule has 2 aliphatic rings. The third-order valence-electron chi connectivity index (χ3n) is 8.07. The summed E-state index contributed by atoms with van der Waals surface area (Å²) in [4.78, 5) is 4.33. The minimum absolute atomic E-state index is 0.0101. The highest BCUT2D eigenvalue weighted by Crippen LogP contribution is 2.53. The van der Waals surface area contributed by atoms with E-state index in [1.807, 2.05) is 23.1 Å². The molecular formula is C31H33ClF2N2O3S. The van der Waals surface area contributed by atoms with E-state index in [1.54, 1.807) is 19.2 Å². The molecular weight excluding hydrogens is 554 g/mol. The third-order valence-corrected chi connectivity index (χ3v) is 10.2. The van der Waals surface area contributed by atoms with Crippen molar-refractivity contribution in [2.75, 3.05) is 33.0 Å². The molecule has 2 saturated heterocycles. The summed E-state index contributed by atoms with van der Waals surface area (Å²) in [5, 5.41) is 0.582. The molecule has 0 N–H and O–H groups in total. The van der Waals surface area contributed by atoms with E-state index in [0.717, 1.165) is 79.2 Å². The zero-order valence-electron chi connectivity index (χ0n) is 22.7. The van der Waals surface area contributed by atoms with Gasteiger partial charge in [-0.2, -0.15) is 0 Å². The van der Waals surface area contributed by atoms with Crippen LogP contribution in [0.15, 0.2) is 72.9 Å². The standard InChI is InChI=1S/C31H33ClF2N2O3S/c1-21-31(40(3,37)38,25-15-27(33)17-28(34)16-25)20-36(21)30(23-7-9-26(32)10-8-23)29-11-6-22(19-39-2)14-24(29)18-35-12-4-5-13-35/h6-11,14-17,30H,1,4-5,12-13,18-20H2,2-3H3/t30-,31?/m1/s1. The van der Waals surface area contributed by atoms with Crippen LogP contribution in [0.25, 0.3) is 0 Å². The Morgan fingerprint density at radius 3 is 2.25 bits per heavy atom. The smallest absolute Gasteiger partial charge is 0.164 e. The van der Waals surface area contributed by atoms with Gasteiger partial charge in [0.05, 0.1) is 12.6 Å². The lowest BCUT2D eigenvalue weighted by molar-refractivity contribution is 0.156. The zero-order chi connectivity index (χ0) is 28.7. The first-order valence-corrected chi connectivity index (χ1v) is 15.5. The summed E-state index contributed by atoms with van der Waals surface area (Å²) >= 11 is 6.23. The predicted molar refractivity (Wildman–Crippen MR) is 154 cm³/mol. The molecule has 0 spiro atoms. The summed E-state index contributed by atoms with van der Waals surface area (Å²) in [6.07, 6.45) is 3.39. The van der Waals surface area contributed by atoms with Crippen LogP contribution >= 0.6 is 11.6 Å². The molecule has 0 radical (unpaired) electrons. The fourth-order valence-corrected chi connectivity index (χ4v) is 7.67. The molecule has 2 atom stereocenters. The molecule has 0 saturated carbocycles. The predicted octanol–water partition coefficient (Wildman–Crippen LogP) is 6.22. The van der Waals surface area contributed by atoms with E-state index < -0.39 is 32.3 Å². The van der Waals surface area contributed by atoms with Gasteiger partial charge in [-0.3, -0.25) is 4.90 Å². The lowest BCUT2D eigenvalue weighted by Crippen LogP contribution is -2.61. The number of halogens is 3. The van der Waals surface area contributed by atoms with E-state index >= 15 is 0 Å². The molecule has 40 heavy (non-hydrogen) atoms. The Balaban J connectivity index is 1.63. The van der Waals surface area contributed by atoms with E-state index in [0.29, 0.717) is 11.6 Å². The summed E-state index contributed by atoms with van der Waals surface area (Å²) < 4.78 is 58.9. The van der Waals surface area contributed by atoms with Crippen molar-refractivity contribution in [1.82, 2.24) is 9.80 Å². The van der Waals surface area contributed by atoms with Crippen LogP contribution in [0.4, 0.5) is 8.78 Å². The normalized spacial score (nSPS) is 20.5. The summed E-state index contributed by atoms with van der Waals surface area (Å²) in [6, 6.07) is 16.2. The number of methoxy groups -OCH3 is 1. The van der Waals surface area contributed by atoms with Gasteiger partial charge in [0.1, 0.15) is 11.6 Å². The number of hydrogen-bond donors (Lipinski definition) is 0. The van der Waals surface area contributed by atoms with Gasteiger partial charge in [0.2, 0.25) is 0 Å². The van der Waals surface area contributed by atoms with E-state index in [4.69, 9.17) is 16.3 Å². The van der Waals surface area contributed by atoms with Crippen LogP contribution in [0.1, 0.15) is 46.7 Å². The van der Waals surface area contributed by atoms with Gasteiger partial charge in [0.25, 0.3) is 0 Å². The van der Waals surface area contributed by atoms with Crippen LogP contribution in [-0.4, -0.2) is 51.2 Å². The Bertz CT molecular complexity index is 1500. The quantitative estimate of drug-likeness (QED) is 0.298. The monoisotopic (exact) mass is 586 g/mol. The average Bonchev–Trinajstić information content (AvgIpc) is 3.39. The number of ether oxygens (including phenoxy) is 1. The number of nitrogens with zero attached hydrogens (tertiary/aromatic N) is 2. The van der Waals surface area contributed by atoms with Gasteiger partial charge in [-0.25, -0.2) is 17.2 Å². The second-order valence-electron chi connectivity index (χ2n) is 10.7. The topological polar surface area (TPSA) is 49.9 Å². The molecule has 0 amide bonds. The fraction of sp³-hybridized carbons (Fsp3) is 0.355. The van der Waals surface area contributed by atoms with Crippen molar-refractivity contribution in [3.63, 3.8) is 0 Å². The highest BCUT2D eigenvalue weighted by Gasteiger charge is 2.58. The van der Waals surface area contributed by atoms with Crippen LogP contribution in [0.3, 0.4) is 0 Å². The summed E-state index contributed by atoms with van der Waals surface area (Å²) in [7, 11) is -2.20.